The van der Waals surface area contributed by atoms with Crippen molar-refractivity contribution in [3.05, 3.63) is 34.9 Å². The lowest BCUT2D eigenvalue weighted by atomic mass is 10.1. The second kappa shape index (κ2) is 9.35. The van der Waals surface area contributed by atoms with Gasteiger partial charge >= 0.3 is 0 Å². The lowest BCUT2D eigenvalue weighted by molar-refractivity contribution is 0.222. The highest BCUT2D eigenvalue weighted by molar-refractivity contribution is 6.30. The van der Waals surface area contributed by atoms with Crippen molar-refractivity contribution in [2.24, 2.45) is 5.73 Å². The summed E-state index contributed by atoms with van der Waals surface area (Å²) in [4.78, 5) is 2.36. The highest BCUT2D eigenvalue weighted by Gasteiger charge is 2.12. The van der Waals surface area contributed by atoms with Gasteiger partial charge in [-0.2, -0.15) is 0 Å². The standard InChI is InChI=1S/C16H27ClN2/c1-3-4-5-6-7-16(12-18)19(2)13-14-8-10-15(17)11-9-14/h8-11,16H,3-7,12-13,18H2,1-2H3. The number of nitrogens with two attached hydrogens (primary N) is 1. The monoisotopic (exact) mass is 282 g/mol. The Morgan fingerprint density at radius 3 is 2.42 bits per heavy atom. The van der Waals surface area contributed by atoms with Gasteiger partial charge in [-0.25, -0.2) is 0 Å². The summed E-state index contributed by atoms with van der Waals surface area (Å²) in [5.74, 6) is 0. The van der Waals surface area contributed by atoms with Gasteiger partial charge in [-0.05, 0) is 31.2 Å². The van der Waals surface area contributed by atoms with Crippen molar-refractivity contribution in [2.45, 2.75) is 51.6 Å². The van der Waals surface area contributed by atoms with E-state index in [9.17, 15) is 0 Å². The molecule has 2 nitrogen and oxygen atoms in total. The molecule has 1 rings (SSSR count). The van der Waals surface area contributed by atoms with Crippen LogP contribution >= 0.6 is 11.6 Å². The van der Waals surface area contributed by atoms with Crippen LogP contribution in [0.2, 0.25) is 5.02 Å². The van der Waals surface area contributed by atoms with Crippen molar-refractivity contribution < 1.29 is 0 Å². The van der Waals surface area contributed by atoms with Crippen LogP contribution in [0.4, 0.5) is 0 Å². The Morgan fingerprint density at radius 1 is 1.16 bits per heavy atom. The second-order valence-electron chi connectivity index (χ2n) is 5.28. The largest absolute Gasteiger partial charge is 0.329 e. The molecule has 108 valence electrons. The molecule has 1 unspecified atom stereocenters. The first-order valence-corrected chi connectivity index (χ1v) is 7.70. The van der Waals surface area contributed by atoms with Crippen LogP contribution in [-0.4, -0.2) is 24.5 Å². The number of likely N-dealkylation sites (N-methyl/N-ethyl adjacent to an activating group) is 1. The van der Waals surface area contributed by atoms with E-state index in [1.54, 1.807) is 0 Å². The fourth-order valence-corrected chi connectivity index (χ4v) is 2.46. The van der Waals surface area contributed by atoms with Crippen LogP contribution < -0.4 is 5.73 Å². The van der Waals surface area contributed by atoms with E-state index in [0.29, 0.717) is 6.04 Å². The lowest BCUT2D eigenvalue weighted by Gasteiger charge is -2.27. The van der Waals surface area contributed by atoms with Gasteiger partial charge in [0.15, 0.2) is 0 Å². The molecule has 0 aliphatic carbocycles. The van der Waals surface area contributed by atoms with E-state index in [1.807, 2.05) is 12.1 Å². The fraction of sp³-hybridized carbons (Fsp3) is 0.625. The zero-order chi connectivity index (χ0) is 14.1. The predicted octanol–water partition coefficient (Wildman–Crippen LogP) is 4.07. The van der Waals surface area contributed by atoms with Crippen LogP contribution in [0.15, 0.2) is 24.3 Å². The molecule has 0 spiro atoms. The van der Waals surface area contributed by atoms with Crippen LogP contribution in [0.25, 0.3) is 0 Å². The number of nitrogens with zero attached hydrogens (tertiary/aromatic N) is 1. The van der Waals surface area contributed by atoms with E-state index < -0.39 is 0 Å². The van der Waals surface area contributed by atoms with Gasteiger partial charge in [-0.15, -0.1) is 0 Å². The van der Waals surface area contributed by atoms with Crippen molar-refractivity contribution in [3.8, 4) is 0 Å². The molecule has 1 aromatic rings. The minimum Gasteiger partial charge on any atom is -0.329 e. The summed E-state index contributed by atoms with van der Waals surface area (Å²) in [6, 6.07) is 8.55. The Kier molecular flexibility index (Phi) is 8.11. The quantitative estimate of drug-likeness (QED) is 0.692. The minimum absolute atomic E-state index is 0.479. The molecule has 0 saturated heterocycles. The van der Waals surface area contributed by atoms with Crippen LogP contribution in [0.1, 0.15) is 44.6 Å². The molecule has 0 bridgehead atoms. The van der Waals surface area contributed by atoms with Gasteiger partial charge in [0.1, 0.15) is 0 Å². The zero-order valence-electron chi connectivity index (χ0n) is 12.2. The zero-order valence-corrected chi connectivity index (χ0v) is 13.0. The number of hydrogen-bond donors (Lipinski definition) is 1. The summed E-state index contributed by atoms with van der Waals surface area (Å²) in [6.07, 6.45) is 6.41. The van der Waals surface area contributed by atoms with Crippen molar-refractivity contribution in [1.82, 2.24) is 4.90 Å². The predicted molar refractivity (Wildman–Crippen MR) is 84.5 cm³/mol. The summed E-state index contributed by atoms with van der Waals surface area (Å²) in [5, 5.41) is 0.793. The molecule has 0 radical (unpaired) electrons. The molecule has 3 heteroatoms. The molecule has 0 amide bonds. The summed E-state index contributed by atoms with van der Waals surface area (Å²) in [6.45, 7) is 3.91. The van der Waals surface area contributed by atoms with Crippen molar-refractivity contribution >= 4 is 11.6 Å². The molecule has 0 aromatic heterocycles. The summed E-state index contributed by atoms with van der Waals surface area (Å²) in [7, 11) is 2.16. The lowest BCUT2D eigenvalue weighted by Crippen LogP contribution is -2.37. The first-order chi connectivity index (χ1) is 9.17. The van der Waals surface area contributed by atoms with Crippen LogP contribution in [0.3, 0.4) is 0 Å². The molecular weight excluding hydrogens is 256 g/mol. The Balaban J connectivity index is 2.40. The molecule has 0 saturated carbocycles. The van der Waals surface area contributed by atoms with Gasteiger partial charge in [0.25, 0.3) is 0 Å². The molecule has 0 aliphatic rings. The van der Waals surface area contributed by atoms with Gasteiger partial charge in [0.05, 0.1) is 0 Å². The molecule has 1 aromatic carbocycles. The average molecular weight is 283 g/mol. The Bertz CT molecular complexity index is 337. The number of benzene rings is 1. The number of halogens is 1. The summed E-state index contributed by atoms with van der Waals surface area (Å²) >= 11 is 5.90. The third-order valence-electron chi connectivity index (χ3n) is 3.63. The smallest absolute Gasteiger partial charge is 0.0406 e. The molecule has 1 atom stereocenters. The van der Waals surface area contributed by atoms with E-state index >= 15 is 0 Å². The average Bonchev–Trinajstić information content (AvgIpc) is 2.41. The topological polar surface area (TPSA) is 29.3 Å². The Hall–Kier alpha value is -0.570. The van der Waals surface area contributed by atoms with Crippen LogP contribution in [0, 0.1) is 0 Å². The van der Waals surface area contributed by atoms with Gasteiger partial charge in [0.2, 0.25) is 0 Å². The maximum atomic E-state index is 5.90. The number of hydrogen-bond acceptors (Lipinski definition) is 2. The molecule has 0 fully saturated rings. The minimum atomic E-state index is 0.479. The van der Waals surface area contributed by atoms with E-state index in [-0.39, 0.29) is 0 Å². The van der Waals surface area contributed by atoms with E-state index in [4.69, 9.17) is 17.3 Å². The molecule has 0 heterocycles. The first kappa shape index (κ1) is 16.5. The second-order valence-corrected chi connectivity index (χ2v) is 5.72. The molecule has 2 N–H and O–H groups in total. The van der Waals surface area contributed by atoms with Gasteiger partial charge in [-0.1, -0.05) is 56.3 Å². The summed E-state index contributed by atoms with van der Waals surface area (Å²) < 4.78 is 0. The number of rotatable bonds is 9. The highest BCUT2D eigenvalue weighted by atomic mass is 35.5. The SMILES string of the molecule is CCCCCCC(CN)N(C)Cc1ccc(Cl)cc1. The van der Waals surface area contributed by atoms with E-state index in [2.05, 4.69) is 31.0 Å². The van der Waals surface area contributed by atoms with Crippen LogP contribution in [-0.2, 0) is 6.54 Å². The Labute approximate surface area is 122 Å². The highest BCUT2D eigenvalue weighted by Crippen LogP contribution is 2.14. The van der Waals surface area contributed by atoms with Crippen molar-refractivity contribution in [3.63, 3.8) is 0 Å². The fourth-order valence-electron chi connectivity index (χ4n) is 2.33. The van der Waals surface area contributed by atoms with Crippen molar-refractivity contribution in [2.75, 3.05) is 13.6 Å². The Morgan fingerprint density at radius 2 is 1.84 bits per heavy atom. The van der Waals surface area contributed by atoms with Gasteiger partial charge in [0, 0.05) is 24.2 Å². The van der Waals surface area contributed by atoms with E-state index in [0.717, 1.165) is 18.1 Å². The van der Waals surface area contributed by atoms with Gasteiger partial charge in [-0.3, -0.25) is 4.90 Å². The molecule has 19 heavy (non-hydrogen) atoms. The van der Waals surface area contributed by atoms with Gasteiger partial charge < -0.3 is 5.73 Å². The van der Waals surface area contributed by atoms with Crippen molar-refractivity contribution in [1.29, 1.82) is 0 Å². The first-order valence-electron chi connectivity index (χ1n) is 7.32. The third kappa shape index (κ3) is 6.42. The van der Waals surface area contributed by atoms with Crippen LogP contribution in [0.5, 0.6) is 0 Å². The number of unbranched alkanes of at least 4 members (excludes halogenated alkanes) is 3. The maximum Gasteiger partial charge on any atom is 0.0406 e. The molecule has 0 aliphatic heterocycles. The summed E-state index contributed by atoms with van der Waals surface area (Å²) in [5.41, 5.74) is 7.19. The molecular formula is C16H27ClN2. The normalized spacial score (nSPS) is 12.9. The third-order valence-corrected chi connectivity index (χ3v) is 3.88. The van der Waals surface area contributed by atoms with E-state index in [1.165, 1.54) is 37.7 Å². The maximum absolute atomic E-state index is 5.90.